The molecule has 2 aromatic heterocycles. The lowest BCUT2D eigenvalue weighted by Crippen LogP contribution is -2.42. The number of sulfonamides is 1. The van der Waals surface area contributed by atoms with Gasteiger partial charge in [-0.05, 0) is 47.7 Å². The Balaban J connectivity index is 1.44. The van der Waals surface area contributed by atoms with E-state index in [2.05, 4.69) is 29.1 Å². The fourth-order valence-corrected chi connectivity index (χ4v) is 6.20. The summed E-state index contributed by atoms with van der Waals surface area (Å²) in [5.74, 6) is 0.671. The Morgan fingerprint density at radius 3 is 2.66 bits per heavy atom. The molecule has 0 bridgehead atoms. The van der Waals surface area contributed by atoms with E-state index in [-0.39, 0.29) is 11.5 Å². The van der Waals surface area contributed by atoms with Gasteiger partial charge in [0.15, 0.2) is 0 Å². The SMILES string of the molecule is CC1CC(C)CN(S(=O)(=O)c2ccc3nnn(OCc4cccc5cccnc45)c3c2)C1. The molecule has 2 atom stereocenters. The lowest BCUT2D eigenvalue weighted by Gasteiger charge is -2.34. The van der Waals surface area contributed by atoms with E-state index < -0.39 is 10.0 Å². The molecular weight excluding hydrogens is 426 g/mol. The molecule has 4 aromatic rings. The number of benzene rings is 2. The lowest BCUT2D eigenvalue weighted by molar-refractivity contribution is 0.0757. The topological polar surface area (TPSA) is 90.2 Å². The van der Waals surface area contributed by atoms with Gasteiger partial charge in [0.05, 0.1) is 10.4 Å². The monoisotopic (exact) mass is 451 g/mol. The molecule has 0 N–H and O–H groups in total. The molecule has 0 aliphatic carbocycles. The Morgan fingerprint density at radius 1 is 1.06 bits per heavy atom. The largest absolute Gasteiger partial charge is 0.390 e. The average Bonchev–Trinajstić information content (AvgIpc) is 3.19. The van der Waals surface area contributed by atoms with Crippen LogP contribution in [-0.4, -0.2) is 46.0 Å². The predicted octanol–water partition coefficient (Wildman–Crippen LogP) is 3.27. The van der Waals surface area contributed by atoms with Crippen LogP contribution in [0.2, 0.25) is 0 Å². The number of rotatable bonds is 5. The van der Waals surface area contributed by atoms with Crippen LogP contribution in [0.25, 0.3) is 21.9 Å². The van der Waals surface area contributed by atoms with Crippen LogP contribution in [0.3, 0.4) is 0 Å². The maximum atomic E-state index is 13.3. The van der Waals surface area contributed by atoms with Crippen molar-refractivity contribution in [2.75, 3.05) is 13.1 Å². The summed E-state index contributed by atoms with van der Waals surface area (Å²) < 4.78 is 28.2. The first-order valence-corrected chi connectivity index (χ1v) is 12.2. The molecule has 9 heteroatoms. The van der Waals surface area contributed by atoms with Crippen LogP contribution in [0.5, 0.6) is 0 Å². The molecule has 2 unspecified atom stereocenters. The van der Waals surface area contributed by atoms with Crippen LogP contribution >= 0.6 is 0 Å². The second-order valence-corrected chi connectivity index (χ2v) is 10.6. The smallest absolute Gasteiger partial charge is 0.243 e. The van der Waals surface area contributed by atoms with E-state index in [1.807, 2.05) is 30.3 Å². The van der Waals surface area contributed by atoms with Crippen LogP contribution in [0.1, 0.15) is 25.8 Å². The average molecular weight is 452 g/mol. The Hall–Kier alpha value is -3.04. The molecule has 32 heavy (non-hydrogen) atoms. The van der Waals surface area contributed by atoms with Crippen molar-refractivity contribution in [3.63, 3.8) is 0 Å². The molecule has 1 aliphatic rings. The van der Waals surface area contributed by atoms with E-state index in [1.165, 1.54) is 4.85 Å². The highest BCUT2D eigenvalue weighted by Gasteiger charge is 2.32. The number of piperidine rings is 1. The molecule has 166 valence electrons. The van der Waals surface area contributed by atoms with Gasteiger partial charge in [0.1, 0.15) is 17.6 Å². The number of hydrogen-bond acceptors (Lipinski definition) is 6. The standard InChI is InChI=1S/C23H25N5O3S/c1-16-11-17(2)14-27(13-16)32(29,30)20-8-9-21-22(12-20)28(26-25-21)31-15-19-6-3-5-18-7-4-10-24-23(18)19/h3-10,12,16-17H,11,13-15H2,1-2H3. The molecule has 2 aromatic carbocycles. The number of nitrogens with zero attached hydrogens (tertiary/aromatic N) is 5. The molecule has 5 rings (SSSR count). The van der Waals surface area contributed by atoms with Gasteiger partial charge in [-0.15, -0.1) is 5.10 Å². The zero-order valence-corrected chi connectivity index (χ0v) is 18.9. The Bertz CT molecular complexity index is 1370. The maximum absolute atomic E-state index is 13.3. The number of hydrogen-bond donors (Lipinski definition) is 0. The Morgan fingerprint density at radius 2 is 1.84 bits per heavy atom. The first-order chi connectivity index (χ1) is 15.4. The van der Waals surface area contributed by atoms with Crippen molar-refractivity contribution in [2.24, 2.45) is 11.8 Å². The quantitative estimate of drug-likeness (QED) is 0.463. The van der Waals surface area contributed by atoms with Crippen LogP contribution < -0.4 is 4.84 Å². The third kappa shape index (κ3) is 3.82. The van der Waals surface area contributed by atoms with Gasteiger partial charge in [0, 0.05) is 30.2 Å². The van der Waals surface area contributed by atoms with Crippen molar-refractivity contribution in [1.29, 1.82) is 0 Å². The summed E-state index contributed by atoms with van der Waals surface area (Å²) >= 11 is 0. The third-order valence-electron chi connectivity index (χ3n) is 5.92. The second kappa shape index (κ2) is 8.14. The van der Waals surface area contributed by atoms with E-state index in [4.69, 9.17) is 4.84 Å². The Labute approximate surface area is 186 Å². The van der Waals surface area contributed by atoms with E-state index in [0.717, 1.165) is 22.9 Å². The van der Waals surface area contributed by atoms with Gasteiger partial charge in [0.2, 0.25) is 10.0 Å². The van der Waals surface area contributed by atoms with Gasteiger partial charge < -0.3 is 4.84 Å². The van der Waals surface area contributed by atoms with Crippen molar-refractivity contribution in [3.8, 4) is 0 Å². The molecular formula is C23H25N5O3S. The Kier molecular flexibility index (Phi) is 5.30. The van der Waals surface area contributed by atoms with Gasteiger partial charge in [-0.2, -0.15) is 4.31 Å². The molecule has 1 saturated heterocycles. The summed E-state index contributed by atoms with van der Waals surface area (Å²) in [4.78, 5) is 11.9. The summed E-state index contributed by atoms with van der Waals surface area (Å²) in [5.41, 5.74) is 2.85. The van der Waals surface area contributed by atoms with Crippen LogP contribution in [0.15, 0.2) is 59.6 Å². The summed E-state index contributed by atoms with van der Waals surface area (Å²) in [6.07, 6.45) is 2.79. The maximum Gasteiger partial charge on any atom is 0.243 e. The third-order valence-corrected chi connectivity index (χ3v) is 7.75. The van der Waals surface area contributed by atoms with Gasteiger partial charge in [-0.3, -0.25) is 4.98 Å². The zero-order valence-electron chi connectivity index (χ0n) is 18.0. The first kappa shape index (κ1) is 20.8. The molecule has 1 fully saturated rings. The van der Waals surface area contributed by atoms with Crippen LogP contribution in [-0.2, 0) is 16.6 Å². The van der Waals surface area contributed by atoms with Gasteiger partial charge in [0.25, 0.3) is 0 Å². The number of aromatic nitrogens is 4. The first-order valence-electron chi connectivity index (χ1n) is 10.7. The normalized spacial score (nSPS) is 20.1. The number of para-hydroxylation sites is 1. The zero-order chi connectivity index (χ0) is 22.3. The van der Waals surface area contributed by atoms with Crippen molar-refractivity contribution in [1.82, 2.24) is 24.4 Å². The van der Waals surface area contributed by atoms with Crippen LogP contribution in [0, 0.1) is 11.8 Å². The second-order valence-electron chi connectivity index (χ2n) is 8.65. The van der Waals surface area contributed by atoms with E-state index in [9.17, 15) is 8.42 Å². The lowest BCUT2D eigenvalue weighted by atomic mass is 9.94. The van der Waals surface area contributed by atoms with Gasteiger partial charge in [-0.1, -0.05) is 43.0 Å². The summed E-state index contributed by atoms with van der Waals surface area (Å²) in [6, 6.07) is 14.6. The van der Waals surface area contributed by atoms with E-state index in [1.54, 1.807) is 28.7 Å². The molecule has 0 amide bonds. The predicted molar refractivity (Wildman–Crippen MR) is 121 cm³/mol. The molecule has 8 nitrogen and oxygen atoms in total. The van der Waals surface area contributed by atoms with Gasteiger partial charge >= 0.3 is 0 Å². The summed E-state index contributed by atoms with van der Waals surface area (Å²) in [5, 5.41) is 9.21. The highest BCUT2D eigenvalue weighted by atomic mass is 32.2. The van der Waals surface area contributed by atoms with Crippen molar-refractivity contribution in [2.45, 2.75) is 31.8 Å². The molecule has 1 aliphatic heterocycles. The summed E-state index contributed by atoms with van der Waals surface area (Å²) in [6.45, 7) is 5.48. The fraction of sp³-hybridized carbons (Fsp3) is 0.348. The highest BCUT2D eigenvalue weighted by Crippen LogP contribution is 2.28. The number of fused-ring (bicyclic) bond motifs is 2. The van der Waals surface area contributed by atoms with E-state index in [0.29, 0.717) is 36.0 Å². The molecule has 3 heterocycles. The van der Waals surface area contributed by atoms with Crippen LogP contribution in [0.4, 0.5) is 0 Å². The van der Waals surface area contributed by atoms with Crippen molar-refractivity contribution < 1.29 is 13.3 Å². The van der Waals surface area contributed by atoms with Gasteiger partial charge in [-0.25, -0.2) is 8.42 Å². The minimum Gasteiger partial charge on any atom is -0.390 e. The van der Waals surface area contributed by atoms with E-state index >= 15 is 0 Å². The van der Waals surface area contributed by atoms with Crippen molar-refractivity contribution in [3.05, 3.63) is 60.3 Å². The minimum atomic E-state index is -3.61. The fourth-order valence-electron chi connectivity index (χ4n) is 4.50. The molecule has 0 spiro atoms. The minimum absolute atomic E-state index is 0.227. The molecule has 0 saturated carbocycles. The highest BCUT2D eigenvalue weighted by molar-refractivity contribution is 7.89. The summed E-state index contributed by atoms with van der Waals surface area (Å²) in [7, 11) is -3.61. The molecule has 0 radical (unpaired) electrons. The van der Waals surface area contributed by atoms with Crippen molar-refractivity contribution >= 4 is 32.0 Å². The number of pyridine rings is 1.